The number of aromatic nitrogens is 1. The second kappa shape index (κ2) is 8.13. The highest BCUT2D eigenvalue weighted by Gasteiger charge is 2.54. The fraction of sp³-hybridized carbons (Fsp3) is 0.174. The Morgan fingerprint density at radius 2 is 1.71 bits per heavy atom. The highest BCUT2D eigenvalue weighted by atomic mass is 32.1. The average molecular weight is 430 g/mol. The van der Waals surface area contributed by atoms with E-state index in [1.54, 1.807) is 60.8 Å². The largest absolute Gasteiger partial charge is 0.325 e. The summed E-state index contributed by atoms with van der Waals surface area (Å²) >= 11 is 1.21. The number of nitrogens with one attached hydrogen (secondary N) is 1. The number of imide groups is 1. The van der Waals surface area contributed by atoms with Crippen LogP contribution in [0.1, 0.15) is 27.7 Å². The van der Waals surface area contributed by atoms with Crippen molar-refractivity contribution in [2.24, 2.45) is 0 Å². The number of urea groups is 1. The van der Waals surface area contributed by atoms with Crippen molar-refractivity contribution < 1.29 is 14.4 Å². The maximum absolute atomic E-state index is 13.6. The highest BCUT2D eigenvalue weighted by Crippen LogP contribution is 2.36. The maximum atomic E-state index is 13.6. The van der Waals surface area contributed by atoms with Gasteiger partial charge >= 0.3 is 6.03 Å². The molecule has 1 unspecified atom stereocenters. The zero-order valence-corrected chi connectivity index (χ0v) is 17.4. The number of thiazole rings is 1. The van der Waals surface area contributed by atoms with Gasteiger partial charge in [0, 0.05) is 11.1 Å². The number of carbonyl (C=O) groups excluding carboxylic acids is 3. The van der Waals surface area contributed by atoms with E-state index < -0.39 is 35.7 Å². The quantitative estimate of drug-likeness (QED) is 0.605. The summed E-state index contributed by atoms with van der Waals surface area (Å²) in [5, 5.41) is 14.4. The molecule has 1 aliphatic rings. The SMILES string of the molecule is Cc1csc(C(C#N)C(=O)CN2C(=O)NC(c3ccccc3)(c3ccccc3)C2=O)n1. The zero-order valence-electron chi connectivity index (χ0n) is 16.6. The summed E-state index contributed by atoms with van der Waals surface area (Å²) in [7, 11) is 0. The molecular weight excluding hydrogens is 412 g/mol. The Morgan fingerprint density at radius 1 is 1.13 bits per heavy atom. The lowest BCUT2D eigenvalue weighted by atomic mass is 9.82. The second-order valence-corrected chi connectivity index (χ2v) is 8.05. The standard InChI is InChI=1S/C23H18N4O3S/c1-15-14-31-20(25-15)18(12-24)19(28)13-27-21(29)23(26-22(27)30,16-8-4-2-5-9-16)17-10-6-3-7-11-17/h2-11,14,18H,13H2,1H3,(H,26,30). The molecule has 0 radical (unpaired) electrons. The van der Waals surface area contributed by atoms with Crippen LogP contribution in [0, 0.1) is 18.3 Å². The molecule has 8 heteroatoms. The fourth-order valence-electron chi connectivity index (χ4n) is 3.67. The number of aryl methyl sites for hydroxylation is 1. The Hall–Kier alpha value is -3.83. The summed E-state index contributed by atoms with van der Waals surface area (Å²) in [4.78, 5) is 44.5. The first-order valence-electron chi connectivity index (χ1n) is 9.57. The normalized spacial score (nSPS) is 15.9. The number of benzene rings is 2. The van der Waals surface area contributed by atoms with Gasteiger partial charge in [0.15, 0.2) is 17.2 Å². The van der Waals surface area contributed by atoms with Gasteiger partial charge in [0.2, 0.25) is 0 Å². The molecule has 0 aliphatic carbocycles. The Bertz CT molecular complexity index is 1140. The molecule has 1 saturated heterocycles. The summed E-state index contributed by atoms with van der Waals surface area (Å²) in [5.74, 6) is -2.25. The van der Waals surface area contributed by atoms with Crippen molar-refractivity contribution in [2.75, 3.05) is 6.54 Å². The van der Waals surface area contributed by atoms with Gasteiger partial charge in [-0.2, -0.15) is 5.26 Å². The van der Waals surface area contributed by atoms with E-state index in [9.17, 15) is 19.6 Å². The van der Waals surface area contributed by atoms with E-state index >= 15 is 0 Å². The van der Waals surface area contributed by atoms with Crippen molar-refractivity contribution in [1.29, 1.82) is 5.26 Å². The first-order valence-corrected chi connectivity index (χ1v) is 10.4. The van der Waals surface area contributed by atoms with Crippen molar-refractivity contribution in [2.45, 2.75) is 18.4 Å². The van der Waals surface area contributed by atoms with E-state index in [4.69, 9.17) is 0 Å². The third-order valence-electron chi connectivity index (χ3n) is 5.17. The van der Waals surface area contributed by atoms with E-state index in [1.807, 2.05) is 18.2 Å². The van der Waals surface area contributed by atoms with Gasteiger partial charge in [-0.1, -0.05) is 60.7 Å². The molecule has 0 bridgehead atoms. The Balaban J connectivity index is 1.70. The van der Waals surface area contributed by atoms with Crippen LogP contribution < -0.4 is 5.32 Å². The van der Waals surface area contributed by atoms with Gasteiger partial charge in [0.25, 0.3) is 5.91 Å². The Labute approximate surface area is 183 Å². The van der Waals surface area contributed by atoms with E-state index in [2.05, 4.69) is 10.3 Å². The molecule has 0 spiro atoms. The number of nitriles is 1. The maximum Gasteiger partial charge on any atom is 0.325 e. The molecule has 7 nitrogen and oxygen atoms in total. The van der Waals surface area contributed by atoms with Crippen LogP contribution in [0.2, 0.25) is 0 Å². The highest BCUT2D eigenvalue weighted by molar-refractivity contribution is 7.09. The molecule has 2 heterocycles. The molecule has 1 fully saturated rings. The summed E-state index contributed by atoms with van der Waals surface area (Å²) in [5.41, 5.74) is 0.429. The monoisotopic (exact) mass is 430 g/mol. The summed E-state index contributed by atoms with van der Waals surface area (Å²) in [6.45, 7) is 1.26. The van der Waals surface area contributed by atoms with Gasteiger partial charge < -0.3 is 5.32 Å². The predicted molar refractivity (Wildman–Crippen MR) is 114 cm³/mol. The number of amides is 3. The van der Waals surface area contributed by atoms with Gasteiger partial charge in [-0.3, -0.25) is 14.5 Å². The van der Waals surface area contributed by atoms with Gasteiger partial charge in [0.1, 0.15) is 5.01 Å². The lowest BCUT2D eigenvalue weighted by Crippen LogP contribution is -2.45. The third-order valence-corrected chi connectivity index (χ3v) is 6.20. The van der Waals surface area contributed by atoms with E-state index in [1.165, 1.54) is 11.3 Å². The average Bonchev–Trinajstić information content (AvgIpc) is 3.32. The summed E-state index contributed by atoms with van der Waals surface area (Å²) in [6, 6.07) is 19.1. The number of hydrogen-bond acceptors (Lipinski definition) is 6. The Kier molecular flexibility index (Phi) is 5.36. The van der Waals surface area contributed by atoms with Crippen LogP contribution in [-0.4, -0.2) is 34.2 Å². The number of carbonyl (C=O) groups is 3. The molecule has 1 atom stereocenters. The van der Waals surface area contributed by atoms with Crippen molar-refractivity contribution in [3.05, 3.63) is 87.9 Å². The number of ketones is 1. The molecule has 3 amide bonds. The third kappa shape index (κ3) is 3.49. The van der Waals surface area contributed by atoms with Crippen molar-refractivity contribution in [3.8, 4) is 6.07 Å². The van der Waals surface area contributed by atoms with Crippen LogP contribution in [0.15, 0.2) is 66.0 Å². The van der Waals surface area contributed by atoms with Crippen molar-refractivity contribution in [1.82, 2.24) is 15.2 Å². The summed E-state index contributed by atoms with van der Waals surface area (Å²) in [6.07, 6.45) is 0. The minimum Gasteiger partial charge on any atom is -0.315 e. The van der Waals surface area contributed by atoms with Crippen LogP contribution in [0.3, 0.4) is 0 Å². The molecule has 0 saturated carbocycles. The number of rotatable bonds is 6. The minimum absolute atomic E-state index is 0.356. The van der Waals surface area contributed by atoms with Crippen LogP contribution in [-0.2, 0) is 15.1 Å². The minimum atomic E-state index is -1.44. The van der Waals surface area contributed by atoms with Gasteiger partial charge in [-0.25, -0.2) is 9.78 Å². The van der Waals surface area contributed by atoms with Crippen LogP contribution in [0.25, 0.3) is 0 Å². The lowest BCUT2D eigenvalue weighted by molar-refractivity contribution is -0.133. The molecule has 2 aromatic carbocycles. The second-order valence-electron chi connectivity index (χ2n) is 7.16. The molecule has 1 aliphatic heterocycles. The van der Waals surface area contributed by atoms with E-state index in [-0.39, 0.29) is 0 Å². The number of Topliss-reactive ketones (excluding diaryl/α,β-unsaturated/α-hetero) is 1. The van der Waals surface area contributed by atoms with Crippen LogP contribution >= 0.6 is 11.3 Å². The van der Waals surface area contributed by atoms with Crippen LogP contribution in [0.4, 0.5) is 4.79 Å². The predicted octanol–water partition coefficient (Wildman–Crippen LogP) is 3.12. The van der Waals surface area contributed by atoms with Crippen molar-refractivity contribution >= 4 is 29.1 Å². The zero-order chi connectivity index (χ0) is 22.0. The van der Waals surface area contributed by atoms with Crippen LogP contribution in [0.5, 0.6) is 0 Å². The smallest absolute Gasteiger partial charge is 0.315 e. The Morgan fingerprint density at radius 3 is 2.19 bits per heavy atom. The van der Waals surface area contributed by atoms with Gasteiger partial charge in [0.05, 0.1) is 12.6 Å². The van der Waals surface area contributed by atoms with Gasteiger partial charge in [-0.05, 0) is 18.1 Å². The van der Waals surface area contributed by atoms with Crippen molar-refractivity contribution in [3.63, 3.8) is 0 Å². The molecule has 31 heavy (non-hydrogen) atoms. The van der Waals surface area contributed by atoms with E-state index in [0.717, 1.165) is 4.90 Å². The molecule has 3 aromatic rings. The molecule has 154 valence electrons. The topological polar surface area (TPSA) is 103 Å². The number of hydrogen-bond donors (Lipinski definition) is 1. The molecular formula is C23H18N4O3S. The summed E-state index contributed by atoms with van der Waals surface area (Å²) < 4.78 is 0. The first kappa shape index (κ1) is 20.4. The van der Waals surface area contributed by atoms with Gasteiger partial charge in [-0.15, -0.1) is 11.3 Å². The number of nitrogens with zero attached hydrogens (tertiary/aromatic N) is 3. The van der Waals surface area contributed by atoms with E-state index in [0.29, 0.717) is 21.8 Å². The fourth-order valence-corrected chi connectivity index (χ4v) is 4.53. The molecule has 1 N–H and O–H groups in total. The first-order chi connectivity index (χ1) is 15.0. The molecule has 1 aromatic heterocycles. The lowest BCUT2D eigenvalue weighted by Gasteiger charge is -2.28. The molecule has 4 rings (SSSR count).